The Balaban J connectivity index is 1.68. The first-order valence-electron chi connectivity index (χ1n) is 14.8. The molecule has 4 rings (SSSR count). The summed E-state index contributed by atoms with van der Waals surface area (Å²) in [4.78, 5) is 26.0. The number of phenolic OH excluding ortho intramolecular Hbond substituents is 1. The average molecular weight is 591 g/mol. The van der Waals surface area contributed by atoms with Crippen molar-refractivity contribution in [3.8, 4) is 5.75 Å². The van der Waals surface area contributed by atoms with Gasteiger partial charge in [-0.2, -0.15) is 0 Å². The largest absolute Gasteiger partial charge is 0.508 e. The Bertz CT molecular complexity index is 1170. The number of carbonyl (C=O) groups is 2. The molecule has 2 fully saturated rings. The van der Waals surface area contributed by atoms with Crippen molar-refractivity contribution in [2.75, 3.05) is 7.11 Å². The van der Waals surface area contributed by atoms with E-state index in [1.165, 1.54) is 6.92 Å². The number of ether oxygens (including phenoxy) is 5. The molecule has 0 radical (unpaired) electrons. The van der Waals surface area contributed by atoms with Gasteiger partial charge in [0, 0.05) is 18.4 Å². The summed E-state index contributed by atoms with van der Waals surface area (Å²) in [5, 5.41) is 31.5. The lowest BCUT2D eigenvalue weighted by Gasteiger charge is -2.59. The van der Waals surface area contributed by atoms with Gasteiger partial charge < -0.3 is 39.0 Å². The molecule has 0 aromatic heterocycles. The predicted molar refractivity (Wildman–Crippen MR) is 152 cm³/mol. The molecule has 3 bridgehead atoms. The first kappa shape index (κ1) is 32.3. The van der Waals surface area contributed by atoms with Crippen LogP contribution in [-0.2, 0) is 33.3 Å². The van der Waals surface area contributed by atoms with E-state index in [9.17, 15) is 24.9 Å². The van der Waals surface area contributed by atoms with Gasteiger partial charge in [-0.05, 0) is 56.7 Å². The van der Waals surface area contributed by atoms with Gasteiger partial charge in [0.15, 0.2) is 0 Å². The van der Waals surface area contributed by atoms with Crippen LogP contribution in [-0.4, -0.2) is 70.2 Å². The molecule has 1 aromatic carbocycles. The Kier molecular flexibility index (Phi) is 9.33. The molecule has 2 saturated heterocycles. The lowest BCUT2D eigenvalue weighted by Crippen LogP contribution is -2.65. The zero-order chi connectivity index (χ0) is 31.0. The molecule has 0 saturated carbocycles. The van der Waals surface area contributed by atoms with Crippen molar-refractivity contribution in [2.45, 2.75) is 116 Å². The average Bonchev–Trinajstić information content (AvgIpc) is 2.88. The molecule has 10 heteroatoms. The standard InChI is InChI=1S/C32H46O10/c1-18(11-12-23(38-7)21-9-8-10-22(34)13-21)29-19(2)25-16-32(42-29)30(4,5)17-31(6,37)26(41-32)15-28(36)39-24(20(3)33)14-27(35)40-25/h8-10,13,15,18-20,23-25,29,33-34,37H,11-12,14,16-17H2,1-7H3/b26-15-/t18-,19-,20+,23-,24+,25-,29?,31+,32+/m0/s1. The van der Waals surface area contributed by atoms with E-state index in [1.54, 1.807) is 32.2 Å². The van der Waals surface area contributed by atoms with Crippen LogP contribution < -0.4 is 0 Å². The number of aromatic hydroxyl groups is 1. The number of cyclic esters (lactones) is 1. The first-order valence-corrected chi connectivity index (χ1v) is 14.8. The number of methoxy groups -OCH3 is 1. The molecule has 9 atom stereocenters. The second-order valence-electron chi connectivity index (χ2n) is 13.2. The van der Waals surface area contributed by atoms with Crippen LogP contribution >= 0.6 is 0 Å². The quantitative estimate of drug-likeness (QED) is 0.394. The normalized spacial score (nSPS) is 36.5. The van der Waals surface area contributed by atoms with E-state index < -0.39 is 53.2 Å². The minimum absolute atomic E-state index is 0.00565. The predicted octanol–water partition coefficient (Wildman–Crippen LogP) is 4.31. The number of benzene rings is 1. The number of carbonyl (C=O) groups excluding carboxylic acids is 2. The summed E-state index contributed by atoms with van der Waals surface area (Å²) < 4.78 is 30.5. The summed E-state index contributed by atoms with van der Waals surface area (Å²) in [6.07, 6.45) is -0.974. The van der Waals surface area contributed by atoms with E-state index >= 15 is 0 Å². The molecular weight excluding hydrogens is 544 g/mol. The van der Waals surface area contributed by atoms with Gasteiger partial charge in [0.05, 0.1) is 37.2 Å². The van der Waals surface area contributed by atoms with Crippen LogP contribution in [0.3, 0.4) is 0 Å². The molecule has 1 aromatic rings. The Morgan fingerprint density at radius 3 is 2.48 bits per heavy atom. The number of phenols is 1. The van der Waals surface area contributed by atoms with Crippen molar-refractivity contribution in [2.24, 2.45) is 17.3 Å². The SMILES string of the molecule is CO[C@@H](CC[C@H](C)C1O[C@@]23C[C@H](OC(=O)C[C@H]([C@@H](C)O)OC(=O)/C=C(\O2)[C@](C)(O)CC3(C)C)[C@@H]1C)c1cccc(O)c1. The van der Waals surface area contributed by atoms with Crippen molar-refractivity contribution in [1.29, 1.82) is 0 Å². The summed E-state index contributed by atoms with van der Waals surface area (Å²) in [5.74, 6) is -2.83. The lowest BCUT2D eigenvalue weighted by molar-refractivity contribution is -0.371. The third kappa shape index (κ3) is 6.61. The summed E-state index contributed by atoms with van der Waals surface area (Å²) in [6, 6.07) is 7.00. The maximum absolute atomic E-state index is 13.1. The van der Waals surface area contributed by atoms with E-state index in [2.05, 4.69) is 6.92 Å². The summed E-state index contributed by atoms with van der Waals surface area (Å²) >= 11 is 0. The summed E-state index contributed by atoms with van der Waals surface area (Å²) in [5.41, 5.74) is -1.37. The zero-order valence-corrected chi connectivity index (χ0v) is 25.7. The van der Waals surface area contributed by atoms with Gasteiger partial charge in [-0.25, -0.2) is 4.79 Å². The van der Waals surface area contributed by atoms with Crippen LogP contribution in [0.4, 0.5) is 0 Å². The van der Waals surface area contributed by atoms with E-state index in [-0.39, 0.29) is 48.7 Å². The van der Waals surface area contributed by atoms with Gasteiger partial charge in [-0.1, -0.05) is 39.8 Å². The van der Waals surface area contributed by atoms with Gasteiger partial charge in [0.1, 0.15) is 29.3 Å². The third-order valence-electron chi connectivity index (χ3n) is 9.20. The van der Waals surface area contributed by atoms with Crippen molar-refractivity contribution in [1.82, 2.24) is 0 Å². The second kappa shape index (κ2) is 12.1. The van der Waals surface area contributed by atoms with Crippen LogP contribution in [0.1, 0.15) is 85.3 Å². The van der Waals surface area contributed by atoms with Crippen LogP contribution in [0.25, 0.3) is 0 Å². The van der Waals surface area contributed by atoms with Crippen LogP contribution in [0.15, 0.2) is 36.1 Å². The van der Waals surface area contributed by atoms with Gasteiger partial charge in [0.2, 0.25) is 5.79 Å². The molecule has 0 amide bonds. The number of hydrogen-bond donors (Lipinski definition) is 3. The summed E-state index contributed by atoms with van der Waals surface area (Å²) in [6.45, 7) is 10.9. The molecule has 3 aliphatic heterocycles. The second-order valence-corrected chi connectivity index (χ2v) is 13.2. The van der Waals surface area contributed by atoms with Crippen molar-refractivity contribution >= 4 is 11.9 Å². The van der Waals surface area contributed by atoms with Gasteiger partial charge >= 0.3 is 11.9 Å². The highest BCUT2D eigenvalue weighted by Gasteiger charge is 2.63. The minimum atomic E-state index is -1.50. The van der Waals surface area contributed by atoms with Crippen LogP contribution in [0, 0.1) is 17.3 Å². The fourth-order valence-corrected chi connectivity index (χ4v) is 6.72. The monoisotopic (exact) mass is 590 g/mol. The molecule has 234 valence electrons. The number of aliphatic hydroxyl groups excluding tert-OH is 1. The zero-order valence-electron chi connectivity index (χ0n) is 25.7. The smallest absolute Gasteiger partial charge is 0.334 e. The number of rotatable bonds is 7. The molecule has 1 spiro atoms. The van der Waals surface area contributed by atoms with Gasteiger partial charge in [0.25, 0.3) is 0 Å². The van der Waals surface area contributed by atoms with Gasteiger partial charge in [-0.3, -0.25) is 4.79 Å². The van der Waals surface area contributed by atoms with Crippen molar-refractivity contribution in [3.63, 3.8) is 0 Å². The third-order valence-corrected chi connectivity index (χ3v) is 9.20. The molecule has 42 heavy (non-hydrogen) atoms. The van der Waals surface area contributed by atoms with E-state index in [1.807, 2.05) is 26.8 Å². The topological polar surface area (TPSA) is 141 Å². The number of hydrogen-bond acceptors (Lipinski definition) is 10. The van der Waals surface area contributed by atoms with E-state index in [0.29, 0.717) is 12.8 Å². The Hall–Kier alpha value is -2.66. The van der Waals surface area contributed by atoms with E-state index in [0.717, 1.165) is 11.6 Å². The van der Waals surface area contributed by atoms with Crippen LogP contribution in [0.2, 0.25) is 0 Å². The molecule has 1 unspecified atom stereocenters. The lowest BCUT2D eigenvalue weighted by atomic mass is 9.66. The Labute approximate surface area is 247 Å². The molecule has 3 N–H and O–H groups in total. The minimum Gasteiger partial charge on any atom is -0.508 e. The maximum atomic E-state index is 13.1. The van der Waals surface area contributed by atoms with Crippen LogP contribution in [0.5, 0.6) is 5.75 Å². The molecular formula is C32H46O10. The highest BCUT2D eigenvalue weighted by molar-refractivity contribution is 5.83. The Morgan fingerprint density at radius 1 is 1.12 bits per heavy atom. The van der Waals surface area contributed by atoms with Gasteiger partial charge in [-0.15, -0.1) is 0 Å². The maximum Gasteiger partial charge on any atom is 0.334 e. The molecule has 10 nitrogen and oxygen atoms in total. The van der Waals surface area contributed by atoms with Crippen molar-refractivity contribution < 1.29 is 48.6 Å². The molecule has 0 aliphatic carbocycles. The molecule has 3 heterocycles. The van der Waals surface area contributed by atoms with Crippen molar-refractivity contribution in [3.05, 3.63) is 41.7 Å². The highest BCUT2D eigenvalue weighted by atomic mass is 16.7. The first-order chi connectivity index (χ1) is 19.6. The summed E-state index contributed by atoms with van der Waals surface area (Å²) in [7, 11) is 1.64. The fraction of sp³-hybridized carbons (Fsp3) is 0.688. The fourth-order valence-electron chi connectivity index (χ4n) is 6.72. The Morgan fingerprint density at radius 2 is 1.83 bits per heavy atom. The number of esters is 2. The highest BCUT2D eigenvalue weighted by Crippen LogP contribution is 2.56. The number of aliphatic hydroxyl groups is 2. The van der Waals surface area contributed by atoms with E-state index in [4.69, 9.17) is 23.7 Å². The molecule has 3 aliphatic rings. The number of fused-ring (bicyclic) bond motifs is 2.